The maximum atomic E-state index is 8.43. The van der Waals surface area contributed by atoms with Gasteiger partial charge in [0.1, 0.15) is 0 Å². The maximum Gasteiger partial charge on any atom is 0.0977 e. The molecule has 3 heteroatoms. The van der Waals surface area contributed by atoms with E-state index in [1.807, 2.05) is 30.3 Å². The minimum Gasteiger partial charge on any atom is -0.315 e. The number of hydrogen-bond acceptors (Lipinski definition) is 3. The van der Waals surface area contributed by atoms with Crippen molar-refractivity contribution in [3.8, 4) is 6.07 Å². The van der Waals surface area contributed by atoms with Crippen LogP contribution in [0, 0.1) is 11.3 Å². The van der Waals surface area contributed by atoms with Gasteiger partial charge in [0.15, 0.2) is 0 Å². The Morgan fingerprint density at radius 1 is 1.67 bits per heavy atom. The zero-order valence-electron chi connectivity index (χ0n) is 5.63. The van der Waals surface area contributed by atoms with Crippen molar-refractivity contribution in [3.63, 3.8) is 0 Å². The lowest BCUT2D eigenvalue weighted by Gasteiger charge is -2.18. The average Bonchev–Trinajstić information content (AvgIpc) is 2.13. The third kappa shape index (κ3) is 1.03. The van der Waals surface area contributed by atoms with Crippen molar-refractivity contribution in [2.45, 2.75) is 0 Å². The Hall–Kier alpha value is -1.01. The van der Waals surface area contributed by atoms with Crippen molar-refractivity contribution in [1.82, 2.24) is 10.0 Å². The van der Waals surface area contributed by atoms with Crippen molar-refractivity contribution in [3.05, 3.63) is 11.8 Å². The molecular weight excluding hydrogens is 114 g/mol. The second kappa shape index (κ2) is 2.08. The van der Waals surface area contributed by atoms with Crippen molar-refractivity contribution in [1.29, 1.82) is 5.26 Å². The SMILES string of the molecule is CN1C=C(C#N)CN1C. The minimum absolute atomic E-state index is 0.743. The van der Waals surface area contributed by atoms with Gasteiger partial charge in [-0.05, 0) is 0 Å². The van der Waals surface area contributed by atoms with Gasteiger partial charge in [0, 0.05) is 20.3 Å². The summed E-state index contributed by atoms with van der Waals surface area (Å²) in [5, 5.41) is 12.3. The molecule has 9 heavy (non-hydrogen) atoms. The summed E-state index contributed by atoms with van der Waals surface area (Å²) in [6.45, 7) is 0.743. The fraction of sp³-hybridized carbons (Fsp3) is 0.500. The molecule has 0 aromatic carbocycles. The molecule has 0 aliphatic carbocycles. The van der Waals surface area contributed by atoms with E-state index in [4.69, 9.17) is 5.26 Å². The Labute approximate surface area is 54.8 Å². The first-order valence-corrected chi connectivity index (χ1v) is 2.78. The van der Waals surface area contributed by atoms with Crippen molar-refractivity contribution >= 4 is 0 Å². The summed E-state index contributed by atoms with van der Waals surface area (Å²) >= 11 is 0. The smallest absolute Gasteiger partial charge is 0.0977 e. The van der Waals surface area contributed by atoms with Crippen LogP contribution >= 0.6 is 0 Å². The van der Waals surface area contributed by atoms with Gasteiger partial charge in [-0.15, -0.1) is 0 Å². The van der Waals surface area contributed by atoms with E-state index in [1.54, 1.807) is 0 Å². The van der Waals surface area contributed by atoms with Gasteiger partial charge < -0.3 is 5.01 Å². The van der Waals surface area contributed by atoms with E-state index < -0.39 is 0 Å². The first-order valence-electron chi connectivity index (χ1n) is 2.78. The summed E-state index contributed by atoms with van der Waals surface area (Å²) in [6, 6.07) is 2.10. The normalized spacial score (nSPS) is 19.7. The van der Waals surface area contributed by atoms with Crippen LogP contribution in [0.15, 0.2) is 11.8 Å². The van der Waals surface area contributed by atoms with Crippen LogP contribution in [0.1, 0.15) is 0 Å². The Kier molecular flexibility index (Phi) is 1.41. The van der Waals surface area contributed by atoms with Crippen LogP contribution in [-0.4, -0.2) is 30.7 Å². The summed E-state index contributed by atoms with van der Waals surface area (Å²) in [4.78, 5) is 0. The maximum absolute atomic E-state index is 8.43. The fourth-order valence-corrected chi connectivity index (χ4v) is 0.787. The standard InChI is InChI=1S/C6H9N3/c1-8-4-6(3-7)5-9(8)2/h4H,5H2,1-2H3. The van der Waals surface area contributed by atoms with Crippen LogP contribution in [-0.2, 0) is 0 Å². The van der Waals surface area contributed by atoms with E-state index in [9.17, 15) is 0 Å². The number of rotatable bonds is 0. The summed E-state index contributed by atoms with van der Waals surface area (Å²) < 4.78 is 0. The van der Waals surface area contributed by atoms with Crippen LogP contribution in [0.5, 0.6) is 0 Å². The van der Waals surface area contributed by atoms with Gasteiger partial charge in [0.05, 0.1) is 18.2 Å². The van der Waals surface area contributed by atoms with Gasteiger partial charge in [0.2, 0.25) is 0 Å². The largest absolute Gasteiger partial charge is 0.315 e. The molecule has 0 N–H and O–H groups in total. The second-order valence-corrected chi connectivity index (χ2v) is 2.16. The summed E-state index contributed by atoms with van der Waals surface area (Å²) in [5.74, 6) is 0. The van der Waals surface area contributed by atoms with E-state index >= 15 is 0 Å². The van der Waals surface area contributed by atoms with Crippen LogP contribution < -0.4 is 0 Å². The Morgan fingerprint density at radius 3 is 2.56 bits per heavy atom. The van der Waals surface area contributed by atoms with Gasteiger partial charge >= 0.3 is 0 Å². The monoisotopic (exact) mass is 123 g/mol. The number of likely N-dealkylation sites (N-methyl/N-ethyl adjacent to an activating group) is 1. The molecule has 0 radical (unpaired) electrons. The highest BCUT2D eigenvalue weighted by molar-refractivity contribution is 5.23. The molecule has 0 bridgehead atoms. The van der Waals surface area contributed by atoms with E-state index in [2.05, 4.69) is 6.07 Å². The molecule has 1 aliphatic rings. The van der Waals surface area contributed by atoms with Crippen LogP contribution in [0.2, 0.25) is 0 Å². The lowest BCUT2D eigenvalue weighted by molar-refractivity contribution is 0.116. The quantitative estimate of drug-likeness (QED) is 0.460. The van der Waals surface area contributed by atoms with Gasteiger partial charge in [-0.1, -0.05) is 0 Å². The molecule has 0 aromatic rings. The van der Waals surface area contributed by atoms with Crippen molar-refractivity contribution in [2.24, 2.45) is 0 Å². The molecule has 0 atom stereocenters. The predicted octanol–water partition coefficient (Wildman–Crippen LogP) is 0.186. The summed E-state index contributed by atoms with van der Waals surface area (Å²) in [6.07, 6.45) is 1.83. The van der Waals surface area contributed by atoms with E-state index in [0.29, 0.717) is 0 Å². The summed E-state index contributed by atoms with van der Waals surface area (Å²) in [7, 11) is 3.87. The number of hydrazine groups is 1. The first kappa shape index (κ1) is 6.12. The van der Waals surface area contributed by atoms with Gasteiger partial charge in [-0.3, -0.25) is 0 Å². The zero-order chi connectivity index (χ0) is 6.85. The van der Waals surface area contributed by atoms with Crippen LogP contribution in [0.4, 0.5) is 0 Å². The molecule has 3 nitrogen and oxygen atoms in total. The molecule has 0 saturated carbocycles. The first-order chi connectivity index (χ1) is 4.24. The molecule has 0 aromatic heterocycles. The molecular formula is C6H9N3. The Morgan fingerprint density at radius 2 is 2.33 bits per heavy atom. The highest BCUT2D eigenvalue weighted by Crippen LogP contribution is 2.08. The minimum atomic E-state index is 0.743. The lowest BCUT2D eigenvalue weighted by atomic mass is 10.3. The summed E-state index contributed by atoms with van der Waals surface area (Å²) in [5.41, 5.74) is 0.819. The fourth-order valence-electron chi connectivity index (χ4n) is 0.787. The lowest BCUT2D eigenvalue weighted by Crippen LogP contribution is -2.27. The number of nitriles is 1. The van der Waals surface area contributed by atoms with Crippen LogP contribution in [0.3, 0.4) is 0 Å². The van der Waals surface area contributed by atoms with Crippen molar-refractivity contribution in [2.75, 3.05) is 20.6 Å². The Balaban J connectivity index is 2.65. The van der Waals surface area contributed by atoms with E-state index in [1.165, 1.54) is 0 Å². The topological polar surface area (TPSA) is 30.3 Å². The van der Waals surface area contributed by atoms with Gasteiger partial charge in [-0.2, -0.15) is 5.26 Å². The molecule has 1 rings (SSSR count). The molecule has 1 heterocycles. The number of hydrogen-bond donors (Lipinski definition) is 0. The van der Waals surface area contributed by atoms with Gasteiger partial charge in [-0.25, -0.2) is 5.01 Å². The second-order valence-electron chi connectivity index (χ2n) is 2.16. The van der Waals surface area contributed by atoms with Gasteiger partial charge in [0.25, 0.3) is 0 Å². The third-order valence-electron chi connectivity index (χ3n) is 1.42. The molecule has 0 unspecified atom stereocenters. The molecule has 0 fully saturated rings. The molecule has 48 valence electrons. The molecule has 0 saturated heterocycles. The average molecular weight is 123 g/mol. The van der Waals surface area contributed by atoms with Crippen molar-refractivity contribution < 1.29 is 0 Å². The highest BCUT2D eigenvalue weighted by atomic mass is 15.6. The third-order valence-corrected chi connectivity index (χ3v) is 1.42. The molecule has 1 aliphatic heterocycles. The predicted molar refractivity (Wildman–Crippen MR) is 34.1 cm³/mol. The zero-order valence-corrected chi connectivity index (χ0v) is 5.63. The number of nitrogens with zero attached hydrogens (tertiary/aromatic N) is 3. The molecule has 0 amide bonds. The highest BCUT2D eigenvalue weighted by Gasteiger charge is 2.12. The molecule has 0 spiro atoms. The van der Waals surface area contributed by atoms with E-state index in [0.717, 1.165) is 12.1 Å². The Bertz CT molecular complexity index is 177. The van der Waals surface area contributed by atoms with Crippen LogP contribution in [0.25, 0.3) is 0 Å². The van der Waals surface area contributed by atoms with E-state index in [-0.39, 0.29) is 0 Å².